The number of ether oxygens (including phenoxy) is 1. The summed E-state index contributed by atoms with van der Waals surface area (Å²) in [7, 11) is 0. The first-order valence-electron chi connectivity index (χ1n) is 5.60. The number of rotatable bonds is 9. The first kappa shape index (κ1) is 14.4. The van der Waals surface area contributed by atoms with Gasteiger partial charge in [-0.25, -0.2) is 0 Å². The molecule has 0 aromatic heterocycles. The maximum atomic E-state index is 10.7. The van der Waals surface area contributed by atoms with Gasteiger partial charge in [-0.15, -0.1) is 0 Å². The molecule has 0 aliphatic carbocycles. The number of carboxylic acid groups (broad SMARTS) is 1. The van der Waals surface area contributed by atoms with E-state index >= 15 is 0 Å². The van der Waals surface area contributed by atoms with Crippen molar-refractivity contribution in [1.29, 1.82) is 0 Å². The van der Waals surface area contributed by atoms with Gasteiger partial charge in [-0.2, -0.15) is 0 Å². The minimum Gasteiger partial charge on any atom is -0.480 e. The molecule has 0 spiro atoms. The van der Waals surface area contributed by atoms with Gasteiger partial charge in [0, 0.05) is 13.2 Å². The van der Waals surface area contributed by atoms with E-state index in [9.17, 15) is 4.79 Å². The second kappa shape index (κ2) is 7.65. The maximum Gasteiger partial charge on any atom is 0.323 e. The van der Waals surface area contributed by atoms with Gasteiger partial charge in [0.05, 0.1) is 0 Å². The highest BCUT2D eigenvalue weighted by Crippen LogP contribution is 2.10. The van der Waals surface area contributed by atoms with Gasteiger partial charge in [-0.1, -0.05) is 13.3 Å². The zero-order valence-corrected chi connectivity index (χ0v) is 9.79. The number of unbranched alkanes of at least 4 members (excludes halogenated alkanes) is 2. The van der Waals surface area contributed by atoms with E-state index in [-0.39, 0.29) is 0 Å². The molecule has 0 rings (SSSR count). The molecule has 0 radical (unpaired) electrons. The van der Waals surface area contributed by atoms with Crippen molar-refractivity contribution in [3.63, 3.8) is 0 Å². The standard InChI is InChI=1S/C11H23NO3/c1-3-4-8-15-9-6-5-7-11(2,12)10(13)14/h3-9,12H2,1-2H3,(H,13,14). The highest BCUT2D eigenvalue weighted by molar-refractivity contribution is 5.77. The monoisotopic (exact) mass is 217 g/mol. The fourth-order valence-corrected chi connectivity index (χ4v) is 1.15. The summed E-state index contributed by atoms with van der Waals surface area (Å²) in [4.78, 5) is 10.7. The molecule has 0 amide bonds. The van der Waals surface area contributed by atoms with Gasteiger partial charge in [0.15, 0.2) is 0 Å². The van der Waals surface area contributed by atoms with Crippen molar-refractivity contribution in [3.05, 3.63) is 0 Å². The Labute approximate surface area is 91.8 Å². The zero-order valence-electron chi connectivity index (χ0n) is 9.79. The number of hydrogen-bond acceptors (Lipinski definition) is 3. The van der Waals surface area contributed by atoms with Crippen molar-refractivity contribution in [2.45, 2.75) is 51.5 Å². The lowest BCUT2D eigenvalue weighted by Crippen LogP contribution is -2.44. The Morgan fingerprint density at radius 1 is 1.33 bits per heavy atom. The molecule has 0 fully saturated rings. The number of aliphatic carboxylic acids is 1. The van der Waals surface area contributed by atoms with Crippen molar-refractivity contribution in [1.82, 2.24) is 0 Å². The minimum absolute atomic E-state index is 0.499. The average molecular weight is 217 g/mol. The predicted octanol–water partition coefficient (Wildman–Crippen LogP) is 1.78. The molecule has 15 heavy (non-hydrogen) atoms. The molecule has 1 unspecified atom stereocenters. The van der Waals surface area contributed by atoms with Gasteiger partial charge < -0.3 is 15.6 Å². The maximum absolute atomic E-state index is 10.7. The van der Waals surface area contributed by atoms with Crippen molar-refractivity contribution in [2.24, 2.45) is 5.73 Å². The smallest absolute Gasteiger partial charge is 0.323 e. The first-order chi connectivity index (χ1) is 7.00. The lowest BCUT2D eigenvalue weighted by atomic mass is 9.97. The Bertz CT molecular complexity index is 181. The lowest BCUT2D eigenvalue weighted by molar-refractivity contribution is -0.142. The molecule has 0 bridgehead atoms. The third-order valence-corrected chi connectivity index (χ3v) is 2.37. The number of carboxylic acids is 1. The largest absolute Gasteiger partial charge is 0.480 e. The van der Waals surface area contributed by atoms with Crippen molar-refractivity contribution >= 4 is 5.97 Å². The van der Waals surface area contributed by atoms with Crippen LogP contribution in [-0.4, -0.2) is 29.8 Å². The van der Waals surface area contributed by atoms with E-state index < -0.39 is 11.5 Å². The summed E-state index contributed by atoms with van der Waals surface area (Å²) in [5.74, 6) is -0.936. The molecule has 1 atom stereocenters. The van der Waals surface area contributed by atoms with Crippen LogP contribution < -0.4 is 5.73 Å². The van der Waals surface area contributed by atoms with Gasteiger partial charge in [-0.05, 0) is 32.6 Å². The first-order valence-corrected chi connectivity index (χ1v) is 5.60. The van der Waals surface area contributed by atoms with Crippen LogP contribution in [0.2, 0.25) is 0 Å². The molecule has 0 aliphatic heterocycles. The number of nitrogens with two attached hydrogens (primary N) is 1. The summed E-state index contributed by atoms with van der Waals surface area (Å²) in [5, 5.41) is 8.76. The molecule has 90 valence electrons. The van der Waals surface area contributed by atoms with Crippen LogP contribution in [0.4, 0.5) is 0 Å². The molecule has 3 N–H and O–H groups in total. The van der Waals surface area contributed by atoms with Crippen LogP contribution in [0.3, 0.4) is 0 Å². The van der Waals surface area contributed by atoms with E-state index in [0.29, 0.717) is 13.0 Å². The third-order valence-electron chi connectivity index (χ3n) is 2.37. The van der Waals surface area contributed by atoms with E-state index in [1.807, 2.05) is 0 Å². The highest BCUT2D eigenvalue weighted by Gasteiger charge is 2.26. The fraction of sp³-hybridized carbons (Fsp3) is 0.909. The van der Waals surface area contributed by atoms with Crippen LogP contribution >= 0.6 is 0 Å². The Balaban J connectivity index is 3.35. The van der Waals surface area contributed by atoms with E-state index in [0.717, 1.165) is 32.3 Å². The summed E-state index contributed by atoms with van der Waals surface area (Å²) in [6.45, 7) is 5.17. The molecule has 0 aliphatic rings. The normalized spacial score (nSPS) is 14.9. The van der Waals surface area contributed by atoms with Gasteiger partial charge in [0.1, 0.15) is 5.54 Å². The van der Waals surface area contributed by atoms with E-state index in [2.05, 4.69) is 6.92 Å². The van der Waals surface area contributed by atoms with Crippen LogP contribution in [0.25, 0.3) is 0 Å². The summed E-state index contributed by atoms with van der Waals surface area (Å²) < 4.78 is 5.36. The van der Waals surface area contributed by atoms with Crippen molar-refractivity contribution in [2.75, 3.05) is 13.2 Å². The summed E-state index contributed by atoms with van der Waals surface area (Å²) in [6, 6.07) is 0. The van der Waals surface area contributed by atoms with Crippen LogP contribution in [0, 0.1) is 0 Å². The van der Waals surface area contributed by atoms with Gasteiger partial charge in [0.2, 0.25) is 0 Å². The van der Waals surface area contributed by atoms with E-state index in [1.165, 1.54) is 0 Å². The molecule has 4 heteroatoms. The number of hydrogen-bond donors (Lipinski definition) is 2. The van der Waals surface area contributed by atoms with Gasteiger partial charge in [0.25, 0.3) is 0 Å². The minimum atomic E-state index is -1.09. The Kier molecular flexibility index (Phi) is 7.34. The molecule has 0 saturated carbocycles. The summed E-state index contributed by atoms with van der Waals surface area (Å²) in [5.41, 5.74) is 4.49. The molecule has 0 aromatic rings. The van der Waals surface area contributed by atoms with E-state index in [1.54, 1.807) is 6.92 Å². The quantitative estimate of drug-likeness (QED) is 0.577. The summed E-state index contributed by atoms with van der Waals surface area (Å²) >= 11 is 0. The topological polar surface area (TPSA) is 72.5 Å². The SMILES string of the molecule is CCCCOCCCCC(C)(N)C(=O)O. The fourth-order valence-electron chi connectivity index (χ4n) is 1.15. The lowest BCUT2D eigenvalue weighted by Gasteiger charge is -2.18. The van der Waals surface area contributed by atoms with Crippen LogP contribution in [0.15, 0.2) is 0 Å². The van der Waals surface area contributed by atoms with Crippen molar-refractivity contribution < 1.29 is 14.6 Å². The third kappa shape index (κ3) is 7.33. The molecule has 0 heterocycles. The molecular formula is C11H23NO3. The highest BCUT2D eigenvalue weighted by atomic mass is 16.5. The molecule has 4 nitrogen and oxygen atoms in total. The second-order valence-electron chi connectivity index (χ2n) is 4.15. The van der Waals surface area contributed by atoms with Crippen LogP contribution in [-0.2, 0) is 9.53 Å². The van der Waals surface area contributed by atoms with Gasteiger partial charge in [-0.3, -0.25) is 4.79 Å². The van der Waals surface area contributed by atoms with E-state index in [4.69, 9.17) is 15.6 Å². The Morgan fingerprint density at radius 2 is 1.93 bits per heavy atom. The molecule has 0 saturated heterocycles. The molecular weight excluding hydrogens is 194 g/mol. The Hall–Kier alpha value is -0.610. The molecule has 0 aromatic carbocycles. The van der Waals surface area contributed by atoms with Crippen LogP contribution in [0.5, 0.6) is 0 Å². The zero-order chi connectivity index (χ0) is 11.7. The average Bonchev–Trinajstić information content (AvgIpc) is 2.16. The van der Waals surface area contributed by atoms with Crippen LogP contribution in [0.1, 0.15) is 46.0 Å². The van der Waals surface area contributed by atoms with Crippen molar-refractivity contribution in [3.8, 4) is 0 Å². The summed E-state index contributed by atoms with van der Waals surface area (Å²) in [6.07, 6.45) is 4.40. The Morgan fingerprint density at radius 3 is 2.47 bits per heavy atom. The second-order valence-corrected chi connectivity index (χ2v) is 4.15. The van der Waals surface area contributed by atoms with Gasteiger partial charge >= 0.3 is 5.97 Å². The predicted molar refractivity (Wildman–Crippen MR) is 59.8 cm³/mol. The number of carbonyl (C=O) groups is 1.